The first-order valence-corrected chi connectivity index (χ1v) is 10.6. The summed E-state index contributed by atoms with van der Waals surface area (Å²) in [6, 6.07) is 7.79. The van der Waals surface area contributed by atoms with Gasteiger partial charge < -0.3 is 10.1 Å². The molecule has 0 saturated carbocycles. The summed E-state index contributed by atoms with van der Waals surface area (Å²) >= 11 is 0. The molecule has 3 rings (SSSR count). The maximum absolute atomic E-state index is 12.8. The molecule has 1 atom stereocenters. The molecule has 1 fully saturated rings. The van der Waals surface area contributed by atoms with Crippen LogP contribution in [0.2, 0.25) is 0 Å². The van der Waals surface area contributed by atoms with Crippen molar-refractivity contribution in [3.05, 3.63) is 40.3 Å². The van der Waals surface area contributed by atoms with Gasteiger partial charge in [-0.1, -0.05) is 24.3 Å². The van der Waals surface area contributed by atoms with Crippen molar-refractivity contribution in [1.29, 1.82) is 0 Å². The number of fused-ring (bicyclic) bond motifs is 2. The van der Waals surface area contributed by atoms with E-state index < -0.39 is 21.2 Å². The Morgan fingerprint density at radius 2 is 1.92 bits per heavy atom. The van der Waals surface area contributed by atoms with Crippen LogP contribution in [0.25, 0.3) is 5.57 Å². The van der Waals surface area contributed by atoms with Crippen LogP contribution in [0.1, 0.15) is 37.8 Å². The molecule has 2 aliphatic rings. The molecule has 25 heavy (non-hydrogen) atoms. The van der Waals surface area contributed by atoms with E-state index in [1.807, 2.05) is 24.3 Å². The summed E-state index contributed by atoms with van der Waals surface area (Å²) in [5.74, 6) is -0.987. The third-order valence-corrected chi connectivity index (χ3v) is 6.67. The molecule has 1 aliphatic carbocycles. The number of piperidine rings is 1. The molecule has 1 aromatic carbocycles. The smallest absolute Gasteiger partial charge is 0.313 e. The Morgan fingerprint density at radius 1 is 1.28 bits per heavy atom. The second-order valence-electron chi connectivity index (χ2n) is 6.87. The van der Waals surface area contributed by atoms with Gasteiger partial charge in [0, 0.05) is 11.7 Å². The Bertz CT molecular complexity index is 820. The fraction of sp³-hybridized carbons (Fsp3) is 0.526. The molecule has 1 aromatic rings. The number of carbonyl (C=O) groups excluding carboxylic acids is 1. The van der Waals surface area contributed by atoms with Crippen molar-refractivity contribution < 1.29 is 17.9 Å². The fourth-order valence-electron chi connectivity index (χ4n) is 4.36. The van der Waals surface area contributed by atoms with Gasteiger partial charge in [0.05, 0.1) is 17.4 Å². The lowest BCUT2D eigenvalue weighted by Crippen LogP contribution is -2.41. The average molecular weight is 363 g/mol. The second kappa shape index (κ2) is 6.57. The molecule has 1 heterocycles. The Labute approximate surface area is 149 Å². The van der Waals surface area contributed by atoms with Crippen LogP contribution >= 0.6 is 0 Å². The number of rotatable bonds is 4. The molecule has 136 valence electrons. The first-order valence-electron chi connectivity index (χ1n) is 8.75. The molecule has 0 radical (unpaired) electrons. The van der Waals surface area contributed by atoms with E-state index in [9.17, 15) is 13.2 Å². The molecular weight excluding hydrogens is 338 g/mol. The topological polar surface area (TPSA) is 72.5 Å². The summed E-state index contributed by atoms with van der Waals surface area (Å²) in [6.45, 7) is 5.30. The van der Waals surface area contributed by atoms with Gasteiger partial charge >= 0.3 is 5.97 Å². The average Bonchev–Trinajstić information content (AvgIpc) is 2.86. The number of hydrogen-bond acceptors (Lipinski definition) is 5. The quantitative estimate of drug-likeness (QED) is 0.831. The molecule has 6 heteroatoms. The Balaban J connectivity index is 2.28. The van der Waals surface area contributed by atoms with E-state index in [4.69, 9.17) is 4.74 Å². The van der Waals surface area contributed by atoms with E-state index in [2.05, 4.69) is 5.32 Å². The van der Waals surface area contributed by atoms with Crippen molar-refractivity contribution in [3.8, 4) is 0 Å². The normalized spacial score (nSPS) is 20.4. The summed E-state index contributed by atoms with van der Waals surface area (Å²) in [7, 11) is -3.48. The van der Waals surface area contributed by atoms with Crippen molar-refractivity contribution in [2.45, 2.75) is 32.1 Å². The van der Waals surface area contributed by atoms with Crippen molar-refractivity contribution in [1.82, 2.24) is 5.32 Å². The van der Waals surface area contributed by atoms with E-state index in [-0.39, 0.29) is 12.6 Å². The van der Waals surface area contributed by atoms with E-state index in [0.717, 1.165) is 24.2 Å². The number of allylic oxidation sites excluding steroid dienone is 1. The van der Waals surface area contributed by atoms with Gasteiger partial charge in [-0.15, -0.1) is 0 Å². The maximum atomic E-state index is 12.8. The van der Waals surface area contributed by atoms with Crippen molar-refractivity contribution in [3.63, 3.8) is 0 Å². The second-order valence-corrected chi connectivity index (χ2v) is 8.82. The van der Waals surface area contributed by atoms with Gasteiger partial charge in [-0.05, 0) is 56.5 Å². The Morgan fingerprint density at radius 3 is 2.52 bits per heavy atom. The van der Waals surface area contributed by atoms with E-state index >= 15 is 0 Å². The van der Waals surface area contributed by atoms with Gasteiger partial charge in [0.15, 0.2) is 9.84 Å². The maximum Gasteiger partial charge on any atom is 0.313 e. The van der Waals surface area contributed by atoms with Gasteiger partial charge in [0.25, 0.3) is 0 Å². The summed E-state index contributed by atoms with van der Waals surface area (Å²) in [5, 5.41) is 3.32. The number of benzene rings is 1. The number of ether oxygens (including phenoxy) is 1. The lowest BCUT2D eigenvalue weighted by molar-refractivity contribution is -0.145. The minimum absolute atomic E-state index is 0.279. The van der Waals surface area contributed by atoms with E-state index in [1.54, 1.807) is 13.8 Å². The third-order valence-electron chi connectivity index (χ3n) is 5.31. The summed E-state index contributed by atoms with van der Waals surface area (Å²) < 4.78 is 30.9. The molecule has 0 bridgehead atoms. The third kappa shape index (κ3) is 2.91. The minimum atomic E-state index is -3.48. The highest BCUT2D eigenvalue weighted by Crippen LogP contribution is 2.55. The number of hydrogen-bond donors (Lipinski definition) is 1. The summed E-state index contributed by atoms with van der Waals surface area (Å²) in [5.41, 5.74) is 2.00. The first-order chi connectivity index (χ1) is 11.8. The van der Waals surface area contributed by atoms with Crippen LogP contribution in [-0.2, 0) is 24.8 Å². The number of sulfone groups is 1. The highest BCUT2D eigenvalue weighted by molar-refractivity contribution is 7.94. The highest BCUT2D eigenvalue weighted by atomic mass is 32.2. The van der Waals surface area contributed by atoms with Crippen LogP contribution in [0.4, 0.5) is 0 Å². The SMILES string of the molecule is CCOC(=O)[C@H](C)C1=C(S(C)(=O)=O)C2(CCNCC2)c2ccccc21. The monoisotopic (exact) mass is 363 g/mol. The van der Waals surface area contributed by atoms with Crippen LogP contribution < -0.4 is 5.32 Å². The molecule has 5 nitrogen and oxygen atoms in total. The predicted molar refractivity (Wildman–Crippen MR) is 97.8 cm³/mol. The van der Waals surface area contributed by atoms with Gasteiger partial charge in [0.1, 0.15) is 0 Å². The van der Waals surface area contributed by atoms with Gasteiger partial charge in [0.2, 0.25) is 0 Å². The molecule has 1 aliphatic heterocycles. The number of nitrogens with one attached hydrogen (secondary N) is 1. The minimum Gasteiger partial charge on any atom is -0.466 e. The van der Waals surface area contributed by atoms with Crippen molar-refractivity contribution in [2.75, 3.05) is 26.0 Å². The van der Waals surface area contributed by atoms with Gasteiger partial charge in [-0.25, -0.2) is 8.42 Å². The summed E-state index contributed by atoms with van der Waals surface area (Å²) in [6.07, 6.45) is 2.69. The zero-order valence-corrected chi connectivity index (χ0v) is 15.8. The van der Waals surface area contributed by atoms with Crippen LogP contribution in [0.5, 0.6) is 0 Å². The summed E-state index contributed by atoms with van der Waals surface area (Å²) in [4.78, 5) is 12.8. The molecule has 1 saturated heterocycles. The Hall–Kier alpha value is -1.66. The first kappa shape index (κ1) is 18.1. The fourth-order valence-corrected chi connectivity index (χ4v) is 6.07. The van der Waals surface area contributed by atoms with Crippen LogP contribution in [0.15, 0.2) is 29.2 Å². The molecule has 1 N–H and O–H groups in total. The zero-order valence-electron chi connectivity index (χ0n) is 15.0. The molecule has 0 amide bonds. The Kier molecular flexibility index (Phi) is 4.77. The lowest BCUT2D eigenvalue weighted by Gasteiger charge is -2.37. The largest absolute Gasteiger partial charge is 0.466 e. The van der Waals surface area contributed by atoms with E-state index in [1.165, 1.54) is 6.26 Å². The molecule has 0 unspecified atom stereocenters. The van der Waals surface area contributed by atoms with E-state index in [0.29, 0.717) is 23.3 Å². The van der Waals surface area contributed by atoms with Crippen LogP contribution in [-0.4, -0.2) is 40.3 Å². The van der Waals surface area contributed by atoms with Gasteiger partial charge in [-0.2, -0.15) is 0 Å². The van der Waals surface area contributed by atoms with Crippen molar-refractivity contribution in [2.24, 2.45) is 5.92 Å². The standard InChI is InChI=1S/C19H25NO4S/c1-4-24-18(21)13(2)16-14-7-5-6-8-15(14)19(9-11-20-12-10-19)17(16)25(3,22)23/h5-8,13,20H,4,9-12H2,1-3H3/t13-/m1/s1. The zero-order chi connectivity index (χ0) is 18.2. The molecule has 0 aromatic heterocycles. The predicted octanol–water partition coefficient (Wildman–Crippen LogP) is 2.28. The lowest BCUT2D eigenvalue weighted by atomic mass is 9.75. The van der Waals surface area contributed by atoms with Crippen LogP contribution in [0, 0.1) is 5.92 Å². The van der Waals surface area contributed by atoms with Crippen LogP contribution in [0.3, 0.4) is 0 Å². The molecule has 1 spiro atoms. The molecular formula is C19H25NO4S. The van der Waals surface area contributed by atoms with Crippen molar-refractivity contribution >= 4 is 21.4 Å². The highest BCUT2D eigenvalue weighted by Gasteiger charge is 2.51. The number of carbonyl (C=O) groups is 1. The van der Waals surface area contributed by atoms with Gasteiger partial charge in [-0.3, -0.25) is 4.79 Å². The number of esters is 1.